The van der Waals surface area contributed by atoms with Gasteiger partial charge in [0, 0.05) is 25.2 Å². The van der Waals surface area contributed by atoms with E-state index in [0.29, 0.717) is 0 Å². The smallest absolute Gasteiger partial charge is 0.242 e. The van der Waals surface area contributed by atoms with Crippen LogP contribution in [0, 0.1) is 5.92 Å². The third kappa shape index (κ3) is 8.48. The maximum atomic E-state index is 11.8. The van der Waals surface area contributed by atoms with Gasteiger partial charge in [-0.25, -0.2) is 4.99 Å². The normalized spacial score (nSPS) is 17.2. The summed E-state index contributed by atoms with van der Waals surface area (Å²) in [5.74, 6) is 1.63. The summed E-state index contributed by atoms with van der Waals surface area (Å²) in [7, 11) is 0. The van der Waals surface area contributed by atoms with Gasteiger partial charge in [0.1, 0.15) is 6.54 Å². The van der Waals surface area contributed by atoms with Crippen molar-refractivity contribution in [3.8, 4) is 0 Å². The van der Waals surface area contributed by atoms with Gasteiger partial charge in [-0.05, 0) is 46.5 Å². The zero-order valence-corrected chi connectivity index (χ0v) is 16.4. The molecular formula is C15H31IN4O. The van der Waals surface area contributed by atoms with Gasteiger partial charge in [-0.1, -0.05) is 6.92 Å². The lowest BCUT2D eigenvalue weighted by Crippen LogP contribution is -2.46. The molecule has 0 radical (unpaired) electrons. The second-order valence-electron chi connectivity index (χ2n) is 6.64. The van der Waals surface area contributed by atoms with Crippen LogP contribution in [0.25, 0.3) is 0 Å². The number of amides is 1. The van der Waals surface area contributed by atoms with Crippen molar-refractivity contribution in [3.05, 3.63) is 0 Å². The van der Waals surface area contributed by atoms with E-state index in [0.717, 1.165) is 31.5 Å². The molecule has 0 aromatic carbocycles. The van der Waals surface area contributed by atoms with E-state index in [9.17, 15) is 4.79 Å². The molecule has 1 amide bonds. The zero-order chi connectivity index (χ0) is 15.2. The van der Waals surface area contributed by atoms with Gasteiger partial charge in [0.25, 0.3) is 0 Å². The molecule has 21 heavy (non-hydrogen) atoms. The van der Waals surface area contributed by atoms with Crippen LogP contribution >= 0.6 is 24.0 Å². The molecule has 1 saturated heterocycles. The van der Waals surface area contributed by atoms with Crippen LogP contribution in [-0.2, 0) is 4.79 Å². The Morgan fingerprint density at radius 3 is 2.33 bits per heavy atom. The van der Waals surface area contributed by atoms with E-state index in [1.54, 1.807) is 0 Å². The molecular weight excluding hydrogens is 379 g/mol. The summed E-state index contributed by atoms with van der Waals surface area (Å²) in [4.78, 5) is 18.6. The Balaban J connectivity index is 0.00000400. The van der Waals surface area contributed by atoms with Crippen LogP contribution in [0.4, 0.5) is 0 Å². The zero-order valence-electron chi connectivity index (χ0n) is 14.0. The number of aliphatic imine (C=N–C) groups is 1. The standard InChI is InChI=1S/C15H30N4O.HI/c1-6-16-14(19-9-7-12(2)8-10-19)17-11-13(20)18-15(3,4)5;/h12H,6-11H2,1-5H3,(H,16,17)(H,18,20);1H. The Kier molecular flexibility index (Phi) is 9.24. The second-order valence-corrected chi connectivity index (χ2v) is 6.64. The van der Waals surface area contributed by atoms with E-state index < -0.39 is 0 Å². The maximum Gasteiger partial charge on any atom is 0.242 e. The predicted molar refractivity (Wildman–Crippen MR) is 99.3 cm³/mol. The Morgan fingerprint density at radius 1 is 1.29 bits per heavy atom. The monoisotopic (exact) mass is 410 g/mol. The number of nitrogens with one attached hydrogen (secondary N) is 2. The van der Waals surface area contributed by atoms with Crippen molar-refractivity contribution in [2.75, 3.05) is 26.2 Å². The Labute approximate surface area is 146 Å². The van der Waals surface area contributed by atoms with Gasteiger partial charge in [-0.15, -0.1) is 24.0 Å². The average Bonchev–Trinajstić information content (AvgIpc) is 2.33. The van der Waals surface area contributed by atoms with Crippen LogP contribution in [0.15, 0.2) is 4.99 Å². The summed E-state index contributed by atoms with van der Waals surface area (Å²) in [5, 5.41) is 6.22. The number of hydrogen-bond donors (Lipinski definition) is 2. The quantitative estimate of drug-likeness (QED) is 0.426. The highest BCUT2D eigenvalue weighted by Gasteiger charge is 2.19. The Hall–Kier alpha value is -0.530. The van der Waals surface area contributed by atoms with Gasteiger partial charge in [-0.2, -0.15) is 0 Å². The van der Waals surface area contributed by atoms with Crippen molar-refractivity contribution < 1.29 is 4.79 Å². The molecule has 0 spiro atoms. The first-order chi connectivity index (χ1) is 9.31. The number of likely N-dealkylation sites (tertiary alicyclic amines) is 1. The van der Waals surface area contributed by atoms with E-state index in [2.05, 4.69) is 34.4 Å². The highest BCUT2D eigenvalue weighted by Crippen LogP contribution is 2.15. The van der Waals surface area contributed by atoms with Crippen molar-refractivity contribution in [2.24, 2.45) is 10.9 Å². The molecule has 0 atom stereocenters. The molecule has 0 bridgehead atoms. The number of hydrogen-bond acceptors (Lipinski definition) is 2. The first kappa shape index (κ1) is 20.5. The number of carbonyl (C=O) groups excluding carboxylic acids is 1. The van der Waals surface area contributed by atoms with Crippen molar-refractivity contribution in [1.29, 1.82) is 0 Å². The summed E-state index contributed by atoms with van der Waals surface area (Å²) in [5.41, 5.74) is -0.203. The van der Waals surface area contributed by atoms with Crippen LogP contribution in [0.5, 0.6) is 0 Å². The summed E-state index contributed by atoms with van der Waals surface area (Å²) in [6.07, 6.45) is 2.39. The number of carbonyl (C=O) groups is 1. The predicted octanol–water partition coefficient (Wildman–Crippen LogP) is 2.22. The van der Waals surface area contributed by atoms with Crippen LogP contribution < -0.4 is 10.6 Å². The lowest BCUT2D eigenvalue weighted by atomic mass is 10.00. The molecule has 124 valence electrons. The Bertz CT molecular complexity index is 344. The fourth-order valence-electron chi connectivity index (χ4n) is 2.25. The van der Waals surface area contributed by atoms with Crippen molar-refractivity contribution in [1.82, 2.24) is 15.5 Å². The molecule has 0 saturated carbocycles. The minimum absolute atomic E-state index is 0. The van der Waals surface area contributed by atoms with E-state index in [1.807, 2.05) is 20.8 Å². The van der Waals surface area contributed by atoms with Crippen LogP contribution in [0.3, 0.4) is 0 Å². The molecule has 0 aromatic heterocycles. The van der Waals surface area contributed by atoms with Crippen molar-refractivity contribution >= 4 is 35.8 Å². The molecule has 1 rings (SSSR count). The number of nitrogens with zero attached hydrogens (tertiary/aromatic N) is 2. The molecule has 2 N–H and O–H groups in total. The lowest BCUT2D eigenvalue weighted by molar-refractivity contribution is -0.121. The second kappa shape index (κ2) is 9.48. The van der Waals surface area contributed by atoms with Crippen LogP contribution in [-0.4, -0.2) is 48.5 Å². The topological polar surface area (TPSA) is 56.7 Å². The van der Waals surface area contributed by atoms with Crippen LogP contribution in [0.2, 0.25) is 0 Å². The molecule has 0 unspecified atom stereocenters. The van der Waals surface area contributed by atoms with Gasteiger partial charge in [0.05, 0.1) is 0 Å². The first-order valence-corrected chi connectivity index (χ1v) is 7.66. The third-order valence-corrected chi connectivity index (χ3v) is 3.30. The molecule has 1 aliphatic rings. The molecule has 6 heteroatoms. The number of piperidine rings is 1. The number of halogens is 1. The van der Waals surface area contributed by atoms with Gasteiger partial charge in [-0.3, -0.25) is 4.79 Å². The van der Waals surface area contributed by atoms with E-state index in [4.69, 9.17) is 0 Å². The van der Waals surface area contributed by atoms with E-state index in [-0.39, 0.29) is 42.0 Å². The molecule has 1 heterocycles. The highest BCUT2D eigenvalue weighted by atomic mass is 127. The average molecular weight is 410 g/mol. The van der Waals surface area contributed by atoms with Gasteiger partial charge >= 0.3 is 0 Å². The maximum absolute atomic E-state index is 11.8. The van der Waals surface area contributed by atoms with Crippen molar-refractivity contribution in [3.63, 3.8) is 0 Å². The molecule has 1 fully saturated rings. The number of guanidine groups is 1. The van der Waals surface area contributed by atoms with E-state index >= 15 is 0 Å². The summed E-state index contributed by atoms with van der Waals surface area (Å²) in [6, 6.07) is 0. The summed E-state index contributed by atoms with van der Waals surface area (Å²) in [6.45, 7) is 13.3. The summed E-state index contributed by atoms with van der Waals surface area (Å²) >= 11 is 0. The molecule has 0 aliphatic carbocycles. The lowest BCUT2D eigenvalue weighted by Gasteiger charge is -2.33. The summed E-state index contributed by atoms with van der Waals surface area (Å²) < 4.78 is 0. The first-order valence-electron chi connectivity index (χ1n) is 7.66. The van der Waals surface area contributed by atoms with Crippen molar-refractivity contribution in [2.45, 2.75) is 53.0 Å². The van der Waals surface area contributed by atoms with Crippen LogP contribution in [0.1, 0.15) is 47.5 Å². The fourth-order valence-corrected chi connectivity index (χ4v) is 2.25. The minimum Gasteiger partial charge on any atom is -0.357 e. The SMILES string of the molecule is CCNC(=NCC(=O)NC(C)(C)C)N1CCC(C)CC1.I. The van der Waals surface area contributed by atoms with Gasteiger partial charge in [0.2, 0.25) is 5.91 Å². The van der Waals surface area contributed by atoms with E-state index in [1.165, 1.54) is 12.8 Å². The molecule has 0 aromatic rings. The highest BCUT2D eigenvalue weighted by molar-refractivity contribution is 14.0. The van der Waals surface area contributed by atoms with Gasteiger partial charge < -0.3 is 15.5 Å². The molecule has 5 nitrogen and oxygen atoms in total. The molecule has 1 aliphatic heterocycles. The van der Waals surface area contributed by atoms with Gasteiger partial charge in [0.15, 0.2) is 5.96 Å². The largest absolute Gasteiger partial charge is 0.357 e. The third-order valence-electron chi connectivity index (χ3n) is 3.30. The number of rotatable bonds is 3. The fraction of sp³-hybridized carbons (Fsp3) is 0.867. The minimum atomic E-state index is -0.203. The Morgan fingerprint density at radius 2 is 1.86 bits per heavy atom.